The molecule has 0 aromatic carbocycles. The molecule has 1 aromatic rings. The number of nitrogens with zero attached hydrogens (tertiary/aromatic N) is 1. The van der Waals surface area contributed by atoms with Gasteiger partial charge < -0.3 is 9.26 Å². The standard InChI is InChI=1S/C7H10N2O3/c1-11-7(10)5-8-4-6-2-3-9-12-6/h2-3,8H,4-5H2,1H3. The molecule has 5 heteroatoms. The smallest absolute Gasteiger partial charge is 0.319 e. The first-order valence-electron chi connectivity index (χ1n) is 3.50. The van der Waals surface area contributed by atoms with E-state index in [1.54, 1.807) is 12.3 Å². The van der Waals surface area contributed by atoms with E-state index in [2.05, 4.69) is 15.2 Å². The summed E-state index contributed by atoms with van der Waals surface area (Å²) < 4.78 is 9.21. The van der Waals surface area contributed by atoms with Crippen LogP contribution in [0.3, 0.4) is 0 Å². The van der Waals surface area contributed by atoms with Gasteiger partial charge in [0.1, 0.15) is 5.76 Å². The van der Waals surface area contributed by atoms with Gasteiger partial charge >= 0.3 is 5.97 Å². The fourth-order valence-electron chi connectivity index (χ4n) is 0.693. The number of carbonyl (C=O) groups is 1. The third-order valence-corrected chi connectivity index (χ3v) is 1.29. The number of hydrogen-bond acceptors (Lipinski definition) is 5. The SMILES string of the molecule is COC(=O)CNCc1ccno1. The zero-order valence-electron chi connectivity index (χ0n) is 6.74. The average molecular weight is 170 g/mol. The van der Waals surface area contributed by atoms with E-state index >= 15 is 0 Å². The molecular weight excluding hydrogens is 160 g/mol. The Hall–Kier alpha value is -1.36. The molecule has 0 saturated heterocycles. The maximum absolute atomic E-state index is 10.6. The topological polar surface area (TPSA) is 64.4 Å². The van der Waals surface area contributed by atoms with E-state index in [-0.39, 0.29) is 12.5 Å². The van der Waals surface area contributed by atoms with Gasteiger partial charge in [0.05, 0.1) is 26.4 Å². The Labute approximate surface area is 69.7 Å². The summed E-state index contributed by atoms with van der Waals surface area (Å²) in [6, 6.07) is 1.73. The van der Waals surface area contributed by atoms with Gasteiger partial charge in [0.15, 0.2) is 0 Å². The van der Waals surface area contributed by atoms with Crippen LogP contribution in [-0.4, -0.2) is 24.8 Å². The van der Waals surface area contributed by atoms with Crippen molar-refractivity contribution in [1.29, 1.82) is 0 Å². The predicted molar refractivity (Wildman–Crippen MR) is 40.2 cm³/mol. The van der Waals surface area contributed by atoms with Crippen LogP contribution in [0.25, 0.3) is 0 Å². The lowest BCUT2D eigenvalue weighted by molar-refractivity contribution is -0.139. The van der Waals surface area contributed by atoms with Crippen LogP contribution in [0.2, 0.25) is 0 Å². The molecule has 1 aromatic heterocycles. The largest absolute Gasteiger partial charge is 0.468 e. The number of aromatic nitrogens is 1. The van der Waals surface area contributed by atoms with Crippen LogP contribution < -0.4 is 5.32 Å². The molecule has 1 N–H and O–H groups in total. The van der Waals surface area contributed by atoms with Gasteiger partial charge in [0.2, 0.25) is 0 Å². The summed E-state index contributed by atoms with van der Waals surface area (Å²) >= 11 is 0. The highest BCUT2D eigenvalue weighted by atomic mass is 16.5. The van der Waals surface area contributed by atoms with Crippen LogP contribution in [0.4, 0.5) is 0 Å². The van der Waals surface area contributed by atoms with Crippen LogP contribution in [0, 0.1) is 0 Å². The van der Waals surface area contributed by atoms with Crippen molar-refractivity contribution < 1.29 is 14.1 Å². The van der Waals surface area contributed by atoms with Crippen molar-refractivity contribution in [3.63, 3.8) is 0 Å². The lowest BCUT2D eigenvalue weighted by Gasteiger charge is -1.98. The maximum atomic E-state index is 10.6. The molecule has 0 fully saturated rings. The van der Waals surface area contributed by atoms with Gasteiger partial charge in [0, 0.05) is 6.07 Å². The number of carbonyl (C=O) groups excluding carboxylic acids is 1. The van der Waals surface area contributed by atoms with E-state index in [1.807, 2.05) is 0 Å². The number of ether oxygens (including phenoxy) is 1. The molecule has 66 valence electrons. The predicted octanol–water partition coefficient (Wildman–Crippen LogP) is -0.0628. The summed E-state index contributed by atoms with van der Waals surface area (Å²) in [6.45, 7) is 0.659. The summed E-state index contributed by atoms with van der Waals surface area (Å²) in [6.07, 6.45) is 1.55. The summed E-state index contributed by atoms with van der Waals surface area (Å²) in [5, 5.41) is 6.34. The summed E-state index contributed by atoms with van der Waals surface area (Å²) in [4.78, 5) is 10.6. The highest BCUT2D eigenvalue weighted by molar-refractivity contribution is 5.71. The number of rotatable bonds is 4. The van der Waals surface area contributed by atoms with Gasteiger partial charge in [0.25, 0.3) is 0 Å². The van der Waals surface area contributed by atoms with Gasteiger partial charge in [-0.1, -0.05) is 5.16 Å². The summed E-state index contributed by atoms with van der Waals surface area (Å²) in [7, 11) is 1.35. The normalized spacial score (nSPS) is 9.75. The molecule has 0 unspecified atom stereocenters. The number of nitrogens with one attached hydrogen (secondary N) is 1. The average Bonchev–Trinajstić information content (AvgIpc) is 2.57. The van der Waals surface area contributed by atoms with Crippen molar-refractivity contribution in [1.82, 2.24) is 10.5 Å². The minimum absolute atomic E-state index is 0.178. The van der Waals surface area contributed by atoms with Crippen molar-refractivity contribution >= 4 is 5.97 Å². The van der Waals surface area contributed by atoms with Crippen molar-refractivity contribution in [2.24, 2.45) is 0 Å². The molecule has 0 amide bonds. The van der Waals surface area contributed by atoms with E-state index in [0.29, 0.717) is 12.3 Å². The van der Waals surface area contributed by atoms with Crippen LogP contribution in [0.15, 0.2) is 16.8 Å². The van der Waals surface area contributed by atoms with Crippen LogP contribution in [-0.2, 0) is 16.1 Å². The van der Waals surface area contributed by atoms with Crippen molar-refractivity contribution in [2.75, 3.05) is 13.7 Å². The summed E-state index contributed by atoms with van der Waals surface area (Å²) in [5.74, 6) is 0.397. The van der Waals surface area contributed by atoms with E-state index in [1.165, 1.54) is 7.11 Å². The first-order valence-corrected chi connectivity index (χ1v) is 3.50. The fourth-order valence-corrected chi connectivity index (χ4v) is 0.693. The van der Waals surface area contributed by atoms with Crippen LogP contribution in [0.1, 0.15) is 5.76 Å². The third-order valence-electron chi connectivity index (χ3n) is 1.29. The highest BCUT2D eigenvalue weighted by Gasteiger charge is 2.00. The third kappa shape index (κ3) is 2.71. The molecule has 1 rings (SSSR count). The molecule has 0 aliphatic rings. The molecule has 5 nitrogen and oxygen atoms in total. The molecule has 0 radical (unpaired) electrons. The molecule has 0 aliphatic heterocycles. The van der Waals surface area contributed by atoms with Gasteiger partial charge in [-0.25, -0.2) is 0 Å². The maximum Gasteiger partial charge on any atom is 0.319 e. The van der Waals surface area contributed by atoms with Crippen LogP contribution >= 0.6 is 0 Å². The van der Waals surface area contributed by atoms with Gasteiger partial charge in [-0.05, 0) is 0 Å². The quantitative estimate of drug-likeness (QED) is 0.641. The molecule has 12 heavy (non-hydrogen) atoms. The second-order valence-electron chi connectivity index (χ2n) is 2.16. The Kier molecular flexibility index (Phi) is 3.28. The van der Waals surface area contributed by atoms with E-state index in [9.17, 15) is 4.79 Å². The van der Waals surface area contributed by atoms with Gasteiger partial charge in [-0.15, -0.1) is 0 Å². The Morgan fingerprint density at radius 2 is 2.67 bits per heavy atom. The lowest BCUT2D eigenvalue weighted by Crippen LogP contribution is -2.23. The molecule has 0 saturated carbocycles. The molecule has 0 aliphatic carbocycles. The fraction of sp³-hybridized carbons (Fsp3) is 0.429. The number of methoxy groups -OCH3 is 1. The second kappa shape index (κ2) is 4.50. The van der Waals surface area contributed by atoms with E-state index < -0.39 is 0 Å². The first-order chi connectivity index (χ1) is 5.83. The minimum atomic E-state index is -0.297. The number of hydrogen-bond donors (Lipinski definition) is 1. The monoisotopic (exact) mass is 170 g/mol. The molecular formula is C7H10N2O3. The molecule has 1 heterocycles. The van der Waals surface area contributed by atoms with Crippen LogP contribution in [0.5, 0.6) is 0 Å². The number of esters is 1. The van der Waals surface area contributed by atoms with E-state index in [4.69, 9.17) is 4.52 Å². The highest BCUT2D eigenvalue weighted by Crippen LogP contribution is 1.93. The minimum Gasteiger partial charge on any atom is -0.468 e. The van der Waals surface area contributed by atoms with Crippen molar-refractivity contribution in [2.45, 2.75) is 6.54 Å². The van der Waals surface area contributed by atoms with Gasteiger partial charge in [-0.3, -0.25) is 10.1 Å². The zero-order valence-corrected chi connectivity index (χ0v) is 6.74. The van der Waals surface area contributed by atoms with E-state index in [0.717, 1.165) is 0 Å². The van der Waals surface area contributed by atoms with Crippen molar-refractivity contribution in [3.8, 4) is 0 Å². The zero-order chi connectivity index (χ0) is 8.81. The Balaban J connectivity index is 2.15. The first kappa shape index (κ1) is 8.73. The lowest BCUT2D eigenvalue weighted by atomic mass is 10.4. The Morgan fingerprint density at radius 3 is 3.25 bits per heavy atom. The van der Waals surface area contributed by atoms with Crippen molar-refractivity contribution in [3.05, 3.63) is 18.0 Å². The second-order valence-corrected chi connectivity index (χ2v) is 2.16. The molecule has 0 spiro atoms. The summed E-state index contributed by atoms with van der Waals surface area (Å²) in [5.41, 5.74) is 0. The molecule has 0 atom stereocenters. The molecule has 0 bridgehead atoms. The Morgan fingerprint density at radius 1 is 1.83 bits per heavy atom. The Bertz CT molecular complexity index is 233. The van der Waals surface area contributed by atoms with Gasteiger partial charge in [-0.2, -0.15) is 0 Å².